The van der Waals surface area contributed by atoms with Gasteiger partial charge < -0.3 is 14.2 Å². The summed E-state index contributed by atoms with van der Waals surface area (Å²) in [7, 11) is 0. The summed E-state index contributed by atoms with van der Waals surface area (Å²) in [4.78, 5) is 49.1. The van der Waals surface area contributed by atoms with Crippen LogP contribution in [0.4, 0.5) is 0 Å². The van der Waals surface area contributed by atoms with Crippen LogP contribution < -0.4 is 5.56 Å². The molecule has 32 heavy (non-hydrogen) atoms. The predicted octanol–water partition coefficient (Wildman–Crippen LogP) is 1.55. The molecule has 5 heterocycles. The van der Waals surface area contributed by atoms with Crippen molar-refractivity contribution in [2.45, 2.75) is 19.4 Å². The van der Waals surface area contributed by atoms with Gasteiger partial charge in [0.1, 0.15) is 6.26 Å². The molecule has 9 nitrogen and oxygen atoms in total. The SMILES string of the molecule is O=C(c1ccoc1)N1CCC[C@H](C(=O)N2CCN(Cc3cc(=O)n4ccsc4n3)CC2)C1. The molecular weight excluding hydrogens is 430 g/mol. The summed E-state index contributed by atoms with van der Waals surface area (Å²) >= 11 is 1.45. The summed E-state index contributed by atoms with van der Waals surface area (Å²) < 4.78 is 6.57. The minimum Gasteiger partial charge on any atom is -0.472 e. The van der Waals surface area contributed by atoms with Gasteiger partial charge in [0.15, 0.2) is 4.96 Å². The highest BCUT2D eigenvalue weighted by Gasteiger charge is 2.33. The molecule has 2 saturated heterocycles. The standard InChI is InChI=1S/C22H25N5O4S/c28-19-12-18(23-22-27(19)9-11-32-22)14-24-5-7-25(8-6-24)20(29)16-2-1-4-26(13-16)21(30)17-3-10-31-15-17/h3,9-12,15-16H,1-2,4-8,13-14H2/t16-/m0/s1. The van der Waals surface area contributed by atoms with Crippen molar-refractivity contribution in [2.24, 2.45) is 5.92 Å². The second kappa shape index (κ2) is 8.87. The number of nitrogens with zero attached hydrogens (tertiary/aromatic N) is 5. The van der Waals surface area contributed by atoms with Gasteiger partial charge in [0.05, 0.1) is 23.4 Å². The van der Waals surface area contributed by atoms with Crippen molar-refractivity contribution in [3.05, 3.63) is 57.8 Å². The van der Waals surface area contributed by atoms with Gasteiger partial charge in [-0.05, 0) is 18.9 Å². The first-order valence-electron chi connectivity index (χ1n) is 10.9. The van der Waals surface area contributed by atoms with Crippen LogP contribution >= 0.6 is 11.3 Å². The molecule has 0 saturated carbocycles. The van der Waals surface area contributed by atoms with E-state index in [1.54, 1.807) is 27.6 Å². The van der Waals surface area contributed by atoms with Crippen LogP contribution in [0.1, 0.15) is 28.9 Å². The van der Waals surface area contributed by atoms with Crippen LogP contribution in [-0.2, 0) is 11.3 Å². The van der Waals surface area contributed by atoms with Crippen LogP contribution in [0.25, 0.3) is 4.96 Å². The smallest absolute Gasteiger partial charge is 0.258 e. The van der Waals surface area contributed by atoms with Gasteiger partial charge in [0.2, 0.25) is 5.91 Å². The molecule has 3 aromatic rings. The second-order valence-corrected chi connectivity index (χ2v) is 9.22. The zero-order chi connectivity index (χ0) is 22.1. The fraction of sp³-hybridized carbons (Fsp3) is 0.455. The summed E-state index contributed by atoms with van der Waals surface area (Å²) in [6.07, 6.45) is 6.31. The first-order chi connectivity index (χ1) is 15.6. The first kappa shape index (κ1) is 20.9. The molecule has 0 unspecified atom stereocenters. The van der Waals surface area contributed by atoms with E-state index in [4.69, 9.17) is 4.42 Å². The Morgan fingerprint density at radius 3 is 2.78 bits per heavy atom. The van der Waals surface area contributed by atoms with Crippen molar-refractivity contribution in [1.29, 1.82) is 0 Å². The van der Waals surface area contributed by atoms with Gasteiger partial charge in [0, 0.05) is 63.5 Å². The molecule has 2 aliphatic rings. The molecule has 5 rings (SSSR count). The average Bonchev–Trinajstić information content (AvgIpc) is 3.51. The van der Waals surface area contributed by atoms with E-state index in [-0.39, 0.29) is 23.3 Å². The van der Waals surface area contributed by atoms with E-state index in [9.17, 15) is 14.4 Å². The normalized spacial score (nSPS) is 20.1. The zero-order valence-corrected chi connectivity index (χ0v) is 18.5. The lowest BCUT2D eigenvalue weighted by molar-refractivity contribution is -0.138. The molecule has 2 amide bonds. The molecule has 0 N–H and O–H groups in total. The minimum absolute atomic E-state index is 0.0631. The third-order valence-electron chi connectivity index (χ3n) is 6.25. The lowest BCUT2D eigenvalue weighted by Crippen LogP contribution is -2.52. The summed E-state index contributed by atoms with van der Waals surface area (Å²) in [6, 6.07) is 3.25. The molecule has 2 aliphatic heterocycles. The minimum atomic E-state index is -0.158. The van der Waals surface area contributed by atoms with Crippen LogP contribution in [-0.4, -0.2) is 75.2 Å². The Hall–Kier alpha value is -2.98. The average molecular weight is 456 g/mol. The van der Waals surface area contributed by atoms with E-state index in [1.165, 1.54) is 23.9 Å². The highest BCUT2D eigenvalue weighted by Crippen LogP contribution is 2.22. The van der Waals surface area contributed by atoms with E-state index in [0.29, 0.717) is 43.2 Å². The number of furan rings is 1. The third kappa shape index (κ3) is 4.20. The number of piperazine rings is 1. The molecular formula is C22H25N5O4S. The Balaban J connectivity index is 1.16. The van der Waals surface area contributed by atoms with Gasteiger partial charge in [-0.3, -0.25) is 23.7 Å². The Bertz CT molecular complexity index is 1160. The number of likely N-dealkylation sites (tertiary alicyclic amines) is 1. The van der Waals surface area contributed by atoms with Crippen LogP contribution in [0.5, 0.6) is 0 Å². The third-order valence-corrected chi connectivity index (χ3v) is 7.01. The quantitative estimate of drug-likeness (QED) is 0.593. The van der Waals surface area contributed by atoms with E-state index in [0.717, 1.165) is 31.6 Å². The van der Waals surface area contributed by atoms with Crippen molar-refractivity contribution in [2.75, 3.05) is 39.3 Å². The van der Waals surface area contributed by atoms with Crippen LogP contribution in [0.2, 0.25) is 0 Å². The van der Waals surface area contributed by atoms with E-state index in [1.807, 2.05) is 10.3 Å². The molecule has 1 atom stereocenters. The maximum absolute atomic E-state index is 13.1. The topological polar surface area (TPSA) is 91.4 Å². The van der Waals surface area contributed by atoms with Gasteiger partial charge in [-0.1, -0.05) is 0 Å². The van der Waals surface area contributed by atoms with Crippen LogP contribution in [0.3, 0.4) is 0 Å². The number of rotatable bonds is 4. The van der Waals surface area contributed by atoms with Crippen molar-refractivity contribution in [3.8, 4) is 0 Å². The van der Waals surface area contributed by atoms with Crippen molar-refractivity contribution < 1.29 is 14.0 Å². The van der Waals surface area contributed by atoms with Crippen LogP contribution in [0.15, 0.2) is 45.4 Å². The first-order valence-corrected chi connectivity index (χ1v) is 11.7. The summed E-state index contributed by atoms with van der Waals surface area (Å²) in [5.41, 5.74) is 1.23. The van der Waals surface area contributed by atoms with Gasteiger partial charge in [-0.15, -0.1) is 11.3 Å². The van der Waals surface area contributed by atoms with Crippen molar-refractivity contribution in [3.63, 3.8) is 0 Å². The van der Waals surface area contributed by atoms with Crippen molar-refractivity contribution >= 4 is 28.1 Å². The fourth-order valence-corrected chi connectivity index (χ4v) is 5.25. The van der Waals surface area contributed by atoms with Crippen molar-refractivity contribution in [1.82, 2.24) is 24.1 Å². The molecule has 10 heteroatoms. The maximum Gasteiger partial charge on any atom is 0.258 e. The molecule has 2 fully saturated rings. The number of thiazole rings is 1. The Morgan fingerprint density at radius 2 is 2.00 bits per heavy atom. The number of carbonyl (C=O) groups is 2. The molecule has 3 aromatic heterocycles. The molecule has 168 valence electrons. The zero-order valence-electron chi connectivity index (χ0n) is 17.7. The molecule has 0 aromatic carbocycles. The van der Waals surface area contributed by atoms with Gasteiger partial charge >= 0.3 is 0 Å². The largest absolute Gasteiger partial charge is 0.472 e. The molecule has 0 aliphatic carbocycles. The lowest BCUT2D eigenvalue weighted by atomic mass is 9.95. The predicted molar refractivity (Wildman–Crippen MR) is 119 cm³/mol. The lowest BCUT2D eigenvalue weighted by Gasteiger charge is -2.38. The Kier molecular flexibility index (Phi) is 5.79. The fourth-order valence-electron chi connectivity index (χ4n) is 4.51. The van der Waals surface area contributed by atoms with E-state index >= 15 is 0 Å². The highest BCUT2D eigenvalue weighted by molar-refractivity contribution is 7.15. The second-order valence-electron chi connectivity index (χ2n) is 8.35. The monoisotopic (exact) mass is 455 g/mol. The number of amides is 2. The number of fused-ring (bicyclic) bond motifs is 1. The van der Waals surface area contributed by atoms with Gasteiger partial charge in [-0.2, -0.15) is 0 Å². The summed E-state index contributed by atoms with van der Waals surface area (Å²) in [6.45, 7) is 4.49. The molecule has 0 bridgehead atoms. The number of carbonyl (C=O) groups excluding carboxylic acids is 2. The number of aromatic nitrogens is 2. The van der Waals surface area contributed by atoms with Gasteiger partial charge in [-0.25, -0.2) is 4.98 Å². The number of piperidine rings is 1. The highest BCUT2D eigenvalue weighted by atomic mass is 32.1. The van der Waals surface area contributed by atoms with E-state index in [2.05, 4.69) is 9.88 Å². The Labute approximate surface area is 188 Å². The number of hydrogen-bond donors (Lipinski definition) is 0. The number of hydrogen-bond acceptors (Lipinski definition) is 7. The Morgan fingerprint density at radius 1 is 1.16 bits per heavy atom. The van der Waals surface area contributed by atoms with Crippen LogP contribution in [0, 0.1) is 5.92 Å². The van der Waals surface area contributed by atoms with Gasteiger partial charge in [0.25, 0.3) is 11.5 Å². The molecule has 0 radical (unpaired) electrons. The summed E-state index contributed by atoms with van der Waals surface area (Å²) in [5.74, 6) is -0.105. The molecule has 0 spiro atoms. The maximum atomic E-state index is 13.1. The van der Waals surface area contributed by atoms with E-state index < -0.39 is 0 Å². The summed E-state index contributed by atoms with van der Waals surface area (Å²) in [5, 5.41) is 1.85.